The van der Waals surface area contributed by atoms with Gasteiger partial charge in [0.15, 0.2) is 0 Å². The summed E-state index contributed by atoms with van der Waals surface area (Å²) in [6.45, 7) is -0.0916. The van der Waals surface area contributed by atoms with Crippen LogP contribution in [0.25, 0.3) is 0 Å². The van der Waals surface area contributed by atoms with E-state index in [4.69, 9.17) is 27.9 Å². The fraction of sp³-hybridized carbons (Fsp3) is 0.136. The predicted octanol–water partition coefficient (Wildman–Crippen LogP) is 4.97. The SMILES string of the molecule is COCc1cccc(NC(=O)CN(c2ccc(Cl)cc2Cl)S(=O)(=O)c2ccccc2)c1. The first-order valence-corrected chi connectivity index (χ1v) is 11.4. The minimum Gasteiger partial charge on any atom is -0.380 e. The second kappa shape index (κ2) is 10.2. The van der Waals surface area contributed by atoms with Crippen molar-refractivity contribution < 1.29 is 17.9 Å². The highest BCUT2D eigenvalue weighted by Crippen LogP contribution is 2.32. The lowest BCUT2D eigenvalue weighted by molar-refractivity contribution is -0.114. The van der Waals surface area contributed by atoms with Crippen molar-refractivity contribution in [2.24, 2.45) is 0 Å². The number of carbonyl (C=O) groups excluding carboxylic acids is 1. The number of hydrogen-bond acceptors (Lipinski definition) is 4. The molecule has 0 spiro atoms. The highest BCUT2D eigenvalue weighted by molar-refractivity contribution is 7.92. The molecule has 0 aliphatic carbocycles. The van der Waals surface area contributed by atoms with Gasteiger partial charge in [0.2, 0.25) is 5.91 Å². The van der Waals surface area contributed by atoms with E-state index in [1.165, 1.54) is 30.3 Å². The molecule has 0 unspecified atom stereocenters. The quantitative estimate of drug-likeness (QED) is 0.495. The van der Waals surface area contributed by atoms with Gasteiger partial charge in [-0.3, -0.25) is 9.10 Å². The van der Waals surface area contributed by atoms with Crippen molar-refractivity contribution in [2.45, 2.75) is 11.5 Å². The summed E-state index contributed by atoms with van der Waals surface area (Å²) < 4.78 is 32.7. The van der Waals surface area contributed by atoms with E-state index in [0.717, 1.165) is 9.87 Å². The van der Waals surface area contributed by atoms with Gasteiger partial charge in [-0.25, -0.2) is 8.42 Å². The van der Waals surface area contributed by atoms with Crippen LogP contribution in [0.3, 0.4) is 0 Å². The van der Waals surface area contributed by atoms with E-state index < -0.39 is 22.5 Å². The van der Waals surface area contributed by atoms with Crippen molar-refractivity contribution >= 4 is 50.5 Å². The number of rotatable bonds is 8. The third-order valence-electron chi connectivity index (χ3n) is 4.32. The van der Waals surface area contributed by atoms with Crippen molar-refractivity contribution in [1.82, 2.24) is 0 Å². The largest absolute Gasteiger partial charge is 0.380 e. The van der Waals surface area contributed by atoms with Crippen molar-refractivity contribution in [1.29, 1.82) is 0 Å². The molecule has 1 amide bonds. The van der Waals surface area contributed by atoms with Crippen LogP contribution in [0.5, 0.6) is 0 Å². The predicted molar refractivity (Wildman–Crippen MR) is 123 cm³/mol. The fourth-order valence-electron chi connectivity index (χ4n) is 2.94. The molecule has 0 fully saturated rings. The van der Waals surface area contributed by atoms with Crippen LogP contribution in [0.1, 0.15) is 5.56 Å². The summed E-state index contributed by atoms with van der Waals surface area (Å²) in [5.41, 5.74) is 1.55. The maximum atomic E-state index is 13.3. The molecule has 0 aliphatic heterocycles. The molecule has 0 saturated carbocycles. The molecule has 0 atom stereocenters. The summed E-state index contributed by atoms with van der Waals surface area (Å²) in [6, 6.07) is 19.4. The number of nitrogens with zero attached hydrogens (tertiary/aromatic N) is 1. The van der Waals surface area contributed by atoms with Gasteiger partial charge in [0.25, 0.3) is 10.0 Å². The molecule has 0 radical (unpaired) electrons. The van der Waals surface area contributed by atoms with Crippen LogP contribution in [-0.2, 0) is 26.2 Å². The first-order chi connectivity index (χ1) is 14.8. The Morgan fingerprint density at radius 2 is 1.74 bits per heavy atom. The highest BCUT2D eigenvalue weighted by Gasteiger charge is 2.28. The summed E-state index contributed by atoms with van der Waals surface area (Å²) in [7, 11) is -2.49. The first-order valence-electron chi connectivity index (χ1n) is 9.22. The van der Waals surface area contributed by atoms with Gasteiger partial charge in [-0.15, -0.1) is 0 Å². The molecule has 1 N–H and O–H groups in total. The summed E-state index contributed by atoms with van der Waals surface area (Å²) in [6.07, 6.45) is 0. The van der Waals surface area contributed by atoms with Crippen LogP contribution in [0.2, 0.25) is 10.0 Å². The Bertz CT molecular complexity index is 1170. The monoisotopic (exact) mass is 478 g/mol. The standard InChI is InChI=1S/C22H20Cl2N2O4S/c1-30-15-16-6-5-7-18(12-16)25-22(27)14-26(21-11-10-17(23)13-20(21)24)31(28,29)19-8-3-2-4-9-19/h2-13H,14-15H2,1H3,(H,25,27). The van der Waals surface area contributed by atoms with Crippen LogP contribution in [0, 0.1) is 0 Å². The maximum Gasteiger partial charge on any atom is 0.264 e. The number of methoxy groups -OCH3 is 1. The number of hydrogen-bond donors (Lipinski definition) is 1. The van der Waals surface area contributed by atoms with Crippen LogP contribution < -0.4 is 9.62 Å². The Morgan fingerprint density at radius 1 is 1.00 bits per heavy atom. The van der Waals surface area contributed by atoms with Crippen molar-refractivity contribution in [3.8, 4) is 0 Å². The minimum absolute atomic E-state index is 0.0379. The zero-order valence-electron chi connectivity index (χ0n) is 16.6. The second-order valence-corrected chi connectivity index (χ2v) is 9.31. The molecule has 3 aromatic rings. The zero-order valence-corrected chi connectivity index (χ0v) is 18.9. The normalized spacial score (nSPS) is 11.2. The van der Waals surface area contributed by atoms with Crippen LogP contribution in [-0.4, -0.2) is 28.0 Å². The lowest BCUT2D eigenvalue weighted by Gasteiger charge is -2.25. The summed E-state index contributed by atoms with van der Waals surface area (Å²) in [4.78, 5) is 12.8. The number of benzene rings is 3. The summed E-state index contributed by atoms with van der Waals surface area (Å²) in [5.74, 6) is -0.528. The zero-order chi connectivity index (χ0) is 22.4. The van der Waals surface area contributed by atoms with E-state index in [0.29, 0.717) is 17.3 Å². The number of amides is 1. The van der Waals surface area contributed by atoms with E-state index in [9.17, 15) is 13.2 Å². The number of ether oxygens (including phenoxy) is 1. The Labute approximate surface area is 191 Å². The fourth-order valence-corrected chi connectivity index (χ4v) is 4.96. The van der Waals surface area contributed by atoms with Gasteiger partial charge in [0.05, 0.1) is 22.2 Å². The van der Waals surface area contributed by atoms with Crippen LogP contribution in [0.15, 0.2) is 77.7 Å². The van der Waals surface area contributed by atoms with E-state index >= 15 is 0 Å². The molecule has 3 aromatic carbocycles. The molecule has 3 rings (SSSR count). The number of sulfonamides is 1. The molecule has 0 aliphatic rings. The van der Waals surface area contributed by atoms with Crippen molar-refractivity contribution in [2.75, 3.05) is 23.3 Å². The molecule has 0 heterocycles. The molecular weight excluding hydrogens is 459 g/mol. The van der Waals surface area contributed by atoms with Gasteiger partial charge in [0.1, 0.15) is 6.54 Å². The lowest BCUT2D eigenvalue weighted by atomic mass is 10.2. The first kappa shape index (κ1) is 23.1. The van der Waals surface area contributed by atoms with Gasteiger partial charge >= 0.3 is 0 Å². The Morgan fingerprint density at radius 3 is 2.42 bits per heavy atom. The van der Waals surface area contributed by atoms with Crippen LogP contribution in [0.4, 0.5) is 11.4 Å². The van der Waals surface area contributed by atoms with Gasteiger partial charge in [-0.05, 0) is 48.0 Å². The molecule has 0 saturated heterocycles. The summed E-state index contributed by atoms with van der Waals surface area (Å²) in [5, 5.41) is 3.19. The Hall–Kier alpha value is -2.58. The van der Waals surface area contributed by atoms with Gasteiger partial charge in [-0.1, -0.05) is 53.5 Å². The van der Waals surface area contributed by atoms with Crippen molar-refractivity contribution in [3.63, 3.8) is 0 Å². The second-order valence-electron chi connectivity index (χ2n) is 6.60. The van der Waals surface area contributed by atoms with E-state index in [1.807, 2.05) is 6.07 Å². The average molecular weight is 479 g/mol. The highest BCUT2D eigenvalue weighted by atomic mass is 35.5. The molecule has 6 nitrogen and oxygen atoms in total. The molecule has 9 heteroatoms. The minimum atomic E-state index is -4.07. The van der Waals surface area contributed by atoms with E-state index in [1.54, 1.807) is 43.5 Å². The van der Waals surface area contributed by atoms with Gasteiger partial charge in [0, 0.05) is 17.8 Å². The summed E-state index contributed by atoms with van der Waals surface area (Å²) >= 11 is 12.2. The van der Waals surface area contributed by atoms with Crippen molar-refractivity contribution in [3.05, 3.63) is 88.4 Å². The maximum absolute atomic E-state index is 13.3. The third-order valence-corrected chi connectivity index (χ3v) is 6.63. The Kier molecular flexibility index (Phi) is 7.56. The number of halogens is 2. The molecule has 31 heavy (non-hydrogen) atoms. The van der Waals surface area contributed by atoms with Crippen LogP contribution >= 0.6 is 23.2 Å². The number of anilines is 2. The molecule has 162 valence electrons. The molecule has 0 aromatic heterocycles. The Balaban J connectivity index is 1.93. The lowest BCUT2D eigenvalue weighted by Crippen LogP contribution is -2.38. The topological polar surface area (TPSA) is 75.7 Å². The average Bonchev–Trinajstić information content (AvgIpc) is 2.73. The van der Waals surface area contributed by atoms with E-state index in [2.05, 4.69) is 5.32 Å². The number of nitrogens with one attached hydrogen (secondary N) is 1. The van der Waals surface area contributed by atoms with Gasteiger partial charge in [-0.2, -0.15) is 0 Å². The van der Waals surface area contributed by atoms with Gasteiger partial charge < -0.3 is 10.1 Å². The number of carbonyl (C=O) groups is 1. The molecule has 0 bridgehead atoms. The smallest absolute Gasteiger partial charge is 0.264 e. The van der Waals surface area contributed by atoms with E-state index in [-0.39, 0.29) is 15.6 Å². The third kappa shape index (κ3) is 5.77. The molecular formula is C22H20Cl2N2O4S.